The van der Waals surface area contributed by atoms with Gasteiger partial charge in [-0.3, -0.25) is 4.79 Å². The summed E-state index contributed by atoms with van der Waals surface area (Å²) < 4.78 is 0.951. The number of hydrogen-bond donors (Lipinski definition) is 2. The zero-order valence-electron chi connectivity index (χ0n) is 10.8. The summed E-state index contributed by atoms with van der Waals surface area (Å²) in [6.07, 6.45) is 3.73. The second kappa shape index (κ2) is 6.39. The van der Waals surface area contributed by atoms with E-state index in [0.717, 1.165) is 28.8 Å². The van der Waals surface area contributed by atoms with Gasteiger partial charge in [0.05, 0.1) is 11.6 Å². The summed E-state index contributed by atoms with van der Waals surface area (Å²) in [4.78, 5) is 13.5. The number of anilines is 1. The molecule has 3 N–H and O–H groups in total. The monoisotopic (exact) mass is 326 g/mol. The second-order valence-electron chi connectivity index (χ2n) is 4.89. The molecule has 0 spiro atoms. The molecule has 1 aliphatic heterocycles. The highest BCUT2D eigenvalue weighted by Gasteiger charge is 2.20. The SMILES string of the molecule is NCC(C(=O)O)c1ccc(N2CCCCC2)c(Br)c1. The predicted octanol–water partition coefficient (Wildman–Crippen LogP) is 2.57. The molecular weight excluding hydrogens is 308 g/mol. The lowest BCUT2D eigenvalue weighted by Crippen LogP contribution is -2.29. The maximum Gasteiger partial charge on any atom is 0.312 e. The number of aliphatic carboxylic acids is 1. The van der Waals surface area contributed by atoms with Crippen molar-refractivity contribution in [2.75, 3.05) is 24.5 Å². The van der Waals surface area contributed by atoms with E-state index in [2.05, 4.69) is 20.8 Å². The van der Waals surface area contributed by atoms with Gasteiger partial charge >= 0.3 is 5.97 Å². The van der Waals surface area contributed by atoms with Crippen molar-refractivity contribution in [3.05, 3.63) is 28.2 Å². The van der Waals surface area contributed by atoms with Crippen LogP contribution in [0.15, 0.2) is 22.7 Å². The number of carboxylic acid groups (broad SMARTS) is 1. The van der Waals surface area contributed by atoms with E-state index in [1.54, 1.807) is 0 Å². The molecule has 19 heavy (non-hydrogen) atoms. The fourth-order valence-corrected chi connectivity index (χ4v) is 3.16. The van der Waals surface area contributed by atoms with Crippen molar-refractivity contribution in [1.29, 1.82) is 0 Å². The third-order valence-electron chi connectivity index (χ3n) is 3.60. The minimum atomic E-state index is -0.875. The molecule has 1 heterocycles. The van der Waals surface area contributed by atoms with Crippen molar-refractivity contribution in [1.82, 2.24) is 0 Å². The van der Waals surface area contributed by atoms with E-state index in [4.69, 9.17) is 10.8 Å². The predicted molar refractivity (Wildman–Crippen MR) is 79.6 cm³/mol. The standard InChI is InChI=1S/C14H19BrN2O2/c15-12-8-10(11(9-16)14(18)19)4-5-13(12)17-6-2-1-3-7-17/h4-5,8,11H,1-3,6-7,9,16H2,(H,18,19). The summed E-state index contributed by atoms with van der Waals surface area (Å²) in [6, 6.07) is 5.76. The van der Waals surface area contributed by atoms with Gasteiger partial charge in [0.15, 0.2) is 0 Å². The molecule has 0 radical (unpaired) electrons. The lowest BCUT2D eigenvalue weighted by atomic mass is 9.99. The summed E-state index contributed by atoms with van der Waals surface area (Å²) >= 11 is 3.55. The molecule has 4 nitrogen and oxygen atoms in total. The van der Waals surface area contributed by atoms with Crippen molar-refractivity contribution < 1.29 is 9.90 Å². The Balaban J connectivity index is 2.23. The maximum atomic E-state index is 11.1. The van der Waals surface area contributed by atoms with Crippen molar-refractivity contribution in [3.8, 4) is 0 Å². The Hall–Kier alpha value is -1.07. The molecule has 1 saturated heterocycles. The molecule has 5 heteroatoms. The van der Waals surface area contributed by atoms with Crippen molar-refractivity contribution in [3.63, 3.8) is 0 Å². The fraction of sp³-hybridized carbons (Fsp3) is 0.500. The normalized spacial score (nSPS) is 17.3. The van der Waals surface area contributed by atoms with E-state index in [0.29, 0.717) is 0 Å². The Bertz CT molecular complexity index is 459. The van der Waals surface area contributed by atoms with Gasteiger partial charge in [-0.1, -0.05) is 6.07 Å². The molecular formula is C14H19BrN2O2. The quantitative estimate of drug-likeness (QED) is 0.892. The summed E-state index contributed by atoms with van der Waals surface area (Å²) in [5.41, 5.74) is 7.43. The number of piperidine rings is 1. The van der Waals surface area contributed by atoms with Crippen LogP contribution in [0.2, 0.25) is 0 Å². The van der Waals surface area contributed by atoms with Gasteiger partial charge in [0.2, 0.25) is 0 Å². The van der Waals surface area contributed by atoms with Crippen LogP contribution in [-0.2, 0) is 4.79 Å². The molecule has 0 saturated carbocycles. The second-order valence-corrected chi connectivity index (χ2v) is 5.74. The Morgan fingerprint density at radius 1 is 1.37 bits per heavy atom. The number of rotatable bonds is 4. The van der Waals surface area contributed by atoms with Gasteiger partial charge in [-0.25, -0.2) is 0 Å². The molecule has 1 fully saturated rings. The van der Waals surface area contributed by atoms with Gasteiger partial charge in [-0.15, -0.1) is 0 Å². The van der Waals surface area contributed by atoms with E-state index in [1.165, 1.54) is 19.3 Å². The molecule has 2 rings (SSSR count). The van der Waals surface area contributed by atoms with Gasteiger partial charge < -0.3 is 15.7 Å². The van der Waals surface area contributed by atoms with Crippen LogP contribution < -0.4 is 10.6 Å². The number of benzene rings is 1. The number of nitrogens with two attached hydrogens (primary N) is 1. The maximum absolute atomic E-state index is 11.1. The van der Waals surface area contributed by atoms with Gasteiger partial charge in [-0.05, 0) is 52.9 Å². The number of hydrogen-bond acceptors (Lipinski definition) is 3. The van der Waals surface area contributed by atoms with Crippen LogP contribution in [-0.4, -0.2) is 30.7 Å². The van der Waals surface area contributed by atoms with Crippen molar-refractivity contribution in [2.45, 2.75) is 25.2 Å². The van der Waals surface area contributed by atoms with E-state index >= 15 is 0 Å². The minimum absolute atomic E-state index is 0.116. The van der Waals surface area contributed by atoms with Crippen LogP contribution in [0.4, 0.5) is 5.69 Å². The van der Waals surface area contributed by atoms with E-state index in [1.807, 2.05) is 18.2 Å². The topological polar surface area (TPSA) is 66.6 Å². The highest BCUT2D eigenvalue weighted by atomic mass is 79.9. The first-order chi connectivity index (χ1) is 9.13. The van der Waals surface area contributed by atoms with Gasteiger partial charge in [0.25, 0.3) is 0 Å². The van der Waals surface area contributed by atoms with Crippen LogP contribution in [0.1, 0.15) is 30.7 Å². The third kappa shape index (κ3) is 3.28. The Morgan fingerprint density at radius 2 is 2.05 bits per heavy atom. The molecule has 1 aromatic carbocycles. The first-order valence-electron chi connectivity index (χ1n) is 6.60. The number of halogens is 1. The Labute approximate surface area is 121 Å². The zero-order valence-corrected chi connectivity index (χ0v) is 12.4. The van der Waals surface area contributed by atoms with Crippen LogP contribution in [0.5, 0.6) is 0 Å². The smallest absolute Gasteiger partial charge is 0.312 e. The molecule has 0 bridgehead atoms. The Kier molecular flexibility index (Phi) is 4.82. The van der Waals surface area contributed by atoms with Gasteiger partial charge in [-0.2, -0.15) is 0 Å². The average Bonchev–Trinajstić information content (AvgIpc) is 2.40. The molecule has 1 atom stereocenters. The van der Waals surface area contributed by atoms with Crippen LogP contribution in [0, 0.1) is 0 Å². The van der Waals surface area contributed by atoms with Gasteiger partial charge in [0.1, 0.15) is 0 Å². The largest absolute Gasteiger partial charge is 0.481 e. The van der Waals surface area contributed by atoms with Crippen LogP contribution >= 0.6 is 15.9 Å². The summed E-state index contributed by atoms with van der Waals surface area (Å²) in [6.45, 7) is 2.25. The number of carbonyl (C=O) groups is 1. The fourth-order valence-electron chi connectivity index (χ4n) is 2.51. The molecule has 0 aliphatic carbocycles. The molecule has 1 aromatic rings. The molecule has 1 unspecified atom stereocenters. The van der Waals surface area contributed by atoms with Crippen molar-refractivity contribution >= 4 is 27.6 Å². The van der Waals surface area contributed by atoms with E-state index < -0.39 is 11.9 Å². The molecule has 0 aromatic heterocycles. The highest BCUT2D eigenvalue weighted by Crippen LogP contribution is 2.31. The highest BCUT2D eigenvalue weighted by molar-refractivity contribution is 9.10. The average molecular weight is 327 g/mol. The number of carboxylic acids is 1. The first kappa shape index (κ1) is 14.3. The molecule has 104 valence electrons. The third-order valence-corrected chi connectivity index (χ3v) is 4.24. The lowest BCUT2D eigenvalue weighted by molar-refractivity contribution is -0.138. The summed E-state index contributed by atoms with van der Waals surface area (Å²) in [5, 5.41) is 9.13. The summed E-state index contributed by atoms with van der Waals surface area (Å²) in [7, 11) is 0. The van der Waals surface area contributed by atoms with Crippen LogP contribution in [0.3, 0.4) is 0 Å². The Morgan fingerprint density at radius 3 is 2.58 bits per heavy atom. The van der Waals surface area contributed by atoms with E-state index in [9.17, 15) is 4.79 Å². The summed E-state index contributed by atoms with van der Waals surface area (Å²) in [5.74, 6) is -1.51. The van der Waals surface area contributed by atoms with Gasteiger partial charge in [0, 0.05) is 24.1 Å². The number of nitrogens with zero attached hydrogens (tertiary/aromatic N) is 1. The van der Waals surface area contributed by atoms with E-state index in [-0.39, 0.29) is 6.54 Å². The lowest BCUT2D eigenvalue weighted by Gasteiger charge is -2.30. The van der Waals surface area contributed by atoms with Crippen molar-refractivity contribution in [2.24, 2.45) is 5.73 Å². The first-order valence-corrected chi connectivity index (χ1v) is 7.40. The zero-order chi connectivity index (χ0) is 13.8. The van der Waals surface area contributed by atoms with Crippen LogP contribution in [0.25, 0.3) is 0 Å². The molecule has 0 amide bonds. The minimum Gasteiger partial charge on any atom is -0.481 e. The molecule has 1 aliphatic rings.